The van der Waals surface area contributed by atoms with E-state index in [-0.39, 0.29) is 17.8 Å². The summed E-state index contributed by atoms with van der Waals surface area (Å²) in [6.45, 7) is 1.03. The summed E-state index contributed by atoms with van der Waals surface area (Å²) in [5.74, 6) is 0.0283. The summed E-state index contributed by atoms with van der Waals surface area (Å²) in [7, 11) is 0. The third-order valence-corrected chi connectivity index (χ3v) is 3.84. The van der Waals surface area contributed by atoms with Gasteiger partial charge in [0.05, 0.1) is 11.8 Å². The lowest BCUT2D eigenvalue weighted by molar-refractivity contribution is -0.141. The van der Waals surface area contributed by atoms with E-state index in [1.165, 1.54) is 12.4 Å². The van der Waals surface area contributed by atoms with Gasteiger partial charge in [-0.1, -0.05) is 0 Å². The SMILES string of the molecule is O=C(c1cn[nH]c1)N1CCC(Nc2cc(C(F)(F)F)ncn2)CC1. The molecule has 128 valence electrons. The van der Waals surface area contributed by atoms with E-state index in [1.54, 1.807) is 4.90 Å². The Hall–Kier alpha value is -2.65. The molecular weight excluding hydrogens is 325 g/mol. The van der Waals surface area contributed by atoms with Gasteiger partial charge in [0.1, 0.15) is 17.8 Å². The van der Waals surface area contributed by atoms with Crippen molar-refractivity contribution in [1.29, 1.82) is 0 Å². The molecule has 1 aliphatic rings. The molecule has 2 aromatic rings. The molecule has 3 rings (SSSR count). The van der Waals surface area contributed by atoms with Gasteiger partial charge in [-0.15, -0.1) is 0 Å². The van der Waals surface area contributed by atoms with Crippen molar-refractivity contribution in [1.82, 2.24) is 25.1 Å². The fourth-order valence-corrected chi connectivity index (χ4v) is 2.58. The van der Waals surface area contributed by atoms with Crippen molar-refractivity contribution in [3.05, 3.63) is 36.0 Å². The topological polar surface area (TPSA) is 86.8 Å². The summed E-state index contributed by atoms with van der Waals surface area (Å²) in [6.07, 6.45) is 0.630. The fourth-order valence-electron chi connectivity index (χ4n) is 2.58. The average Bonchev–Trinajstić information content (AvgIpc) is 3.09. The minimum Gasteiger partial charge on any atom is -0.367 e. The zero-order valence-corrected chi connectivity index (χ0v) is 12.5. The number of amides is 1. The Bertz CT molecular complexity index is 695. The molecule has 0 bridgehead atoms. The molecular formula is C14H15F3N6O. The van der Waals surface area contributed by atoms with Crippen LogP contribution in [-0.4, -0.2) is 50.1 Å². The molecule has 0 aliphatic carbocycles. The summed E-state index contributed by atoms with van der Waals surface area (Å²) in [6, 6.07) is 0.845. The van der Waals surface area contributed by atoms with Gasteiger partial charge in [-0.25, -0.2) is 9.97 Å². The van der Waals surface area contributed by atoms with Crippen LogP contribution in [0.3, 0.4) is 0 Å². The number of carbonyl (C=O) groups is 1. The van der Waals surface area contributed by atoms with Gasteiger partial charge in [0, 0.05) is 31.4 Å². The second-order valence-electron chi connectivity index (χ2n) is 5.48. The van der Waals surface area contributed by atoms with Crippen molar-refractivity contribution in [2.24, 2.45) is 0 Å². The third-order valence-electron chi connectivity index (χ3n) is 3.84. The number of piperidine rings is 1. The number of nitrogens with one attached hydrogen (secondary N) is 2. The first kappa shape index (κ1) is 16.2. The highest BCUT2D eigenvalue weighted by molar-refractivity contribution is 5.93. The van der Waals surface area contributed by atoms with E-state index < -0.39 is 11.9 Å². The third kappa shape index (κ3) is 3.63. The van der Waals surface area contributed by atoms with E-state index in [4.69, 9.17) is 0 Å². The second-order valence-corrected chi connectivity index (χ2v) is 5.48. The smallest absolute Gasteiger partial charge is 0.367 e. The van der Waals surface area contributed by atoms with Crippen LogP contribution < -0.4 is 5.32 Å². The maximum absolute atomic E-state index is 12.7. The minimum atomic E-state index is -4.50. The summed E-state index contributed by atoms with van der Waals surface area (Å²) < 4.78 is 38.0. The lowest BCUT2D eigenvalue weighted by atomic mass is 10.0. The van der Waals surface area contributed by atoms with Crippen molar-refractivity contribution >= 4 is 11.7 Å². The molecule has 0 radical (unpaired) electrons. The maximum Gasteiger partial charge on any atom is 0.433 e. The van der Waals surface area contributed by atoms with Gasteiger partial charge in [-0.3, -0.25) is 9.89 Å². The van der Waals surface area contributed by atoms with Crippen LogP contribution in [0.25, 0.3) is 0 Å². The molecule has 0 aromatic carbocycles. The Labute approximate surface area is 135 Å². The zero-order chi connectivity index (χ0) is 17.2. The first-order chi connectivity index (χ1) is 11.4. The van der Waals surface area contributed by atoms with E-state index in [1.807, 2.05) is 0 Å². The zero-order valence-electron chi connectivity index (χ0n) is 12.5. The number of aromatic nitrogens is 4. The quantitative estimate of drug-likeness (QED) is 0.892. The molecule has 0 unspecified atom stereocenters. The van der Waals surface area contributed by atoms with E-state index in [0.29, 0.717) is 31.5 Å². The van der Waals surface area contributed by atoms with E-state index in [0.717, 1.165) is 12.4 Å². The Balaban J connectivity index is 1.57. The van der Waals surface area contributed by atoms with Crippen molar-refractivity contribution in [2.75, 3.05) is 18.4 Å². The molecule has 0 spiro atoms. The fraction of sp³-hybridized carbons (Fsp3) is 0.429. The number of likely N-dealkylation sites (tertiary alicyclic amines) is 1. The number of hydrogen-bond donors (Lipinski definition) is 2. The first-order valence-electron chi connectivity index (χ1n) is 7.37. The number of rotatable bonds is 3. The molecule has 3 heterocycles. The van der Waals surface area contributed by atoms with Gasteiger partial charge in [-0.2, -0.15) is 18.3 Å². The van der Waals surface area contributed by atoms with Crippen LogP contribution in [0.2, 0.25) is 0 Å². The normalized spacial score (nSPS) is 16.2. The molecule has 1 aliphatic heterocycles. The highest BCUT2D eigenvalue weighted by atomic mass is 19.4. The standard InChI is InChI=1S/C14H15F3N6O/c15-14(16,17)11-5-12(19-8-18-11)22-10-1-3-23(4-2-10)13(24)9-6-20-21-7-9/h5-8,10H,1-4H2,(H,20,21)(H,18,19,22). The van der Waals surface area contributed by atoms with Gasteiger partial charge in [0.25, 0.3) is 5.91 Å². The number of anilines is 1. The van der Waals surface area contributed by atoms with Crippen molar-refractivity contribution < 1.29 is 18.0 Å². The Morgan fingerprint density at radius 3 is 2.67 bits per heavy atom. The Kier molecular flexibility index (Phi) is 4.36. The lowest BCUT2D eigenvalue weighted by Crippen LogP contribution is -2.42. The largest absolute Gasteiger partial charge is 0.433 e. The van der Waals surface area contributed by atoms with Crippen LogP contribution in [0.4, 0.5) is 19.0 Å². The molecule has 2 N–H and O–H groups in total. The molecule has 7 nitrogen and oxygen atoms in total. The summed E-state index contributed by atoms with van der Waals surface area (Å²) in [5.41, 5.74) is -0.486. The number of H-pyrrole nitrogens is 1. The highest BCUT2D eigenvalue weighted by Gasteiger charge is 2.33. The summed E-state index contributed by atoms with van der Waals surface area (Å²) in [5, 5.41) is 9.32. The van der Waals surface area contributed by atoms with Crippen LogP contribution in [-0.2, 0) is 6.18 Å². The van der Waals surface area contributed by atoms with Crippen LogP contribution in [0.15, 0.2) is 24.8 Å². The molecule has 1 fully saturated rings. The van der Waals surface area contributed by atoms with E-state index in [2.05, 4.69) is 25.5 Å². The van der Waals surface area contributed by atoms with Crippen LogP contribution in [0.5, 0.6) is 0 Å². The monoisotopic (exact) mass is 340 g/mol. The first-order valence-corrected chi connectivity index (χ1v) is 7.37. The van der Waals surface area contributed by atoms with E-state index >= 15 is 0 Å². The van der Waals surface area contributed by atoms with E-state index in [9.17, 15) is 18.0 Å². The van der Waals surface area contributed by atoms with Gasteiger partial charge < -0.3 is 10.2 Å². The molecule has 0 saturated carbocycles. The summed E-state index contributed by atoms with van der Waals surface area (Å²) >= 11 is 0. The number of hydrogen-bond acceptors (Lipinski definition) is 5. The average molecular weight is 340 g/mol. The summed E-state index contributed by atoms with van der Waals surface area (Å²) in [4.78, 5) is 20.9. The van der Waals surface area contributed by atoms with Crippen LogP contribution in [0, 0.1) is 0 Å². The highest BCUT2D eigenvalue weighted by Crippen LogP contribution is 2.28. The number of carbonyl (C=O) groups excluding carboxylic acids is 1. The van der Waals surface area contributed by atoms with Crippen molar-refractivity contribution in [3.63, 3.8) is 0 Å². The maximum atomic E-state index is 12.7. The molecule has 2 aromatic heterocycles. The molecule has 0 atom stereocenters. The van der Waals surface area contributed by atoms with Gasteiger partial charge in [0.15, 0.2) is 0 Å². The van der Waals surface area contributed by atoms with Crippen molar-refractivity contribution in [3.8, 4) is 0 Å². The van der Waals surface area contributed by atoms with Crippen molar-refractivity contribution in [2.45, 2.75) is 25.1 Å². The van der Waals surface area contributed by atoms with Gasteiger partial charge in [0.2, 0.25) is 0 Å². The minimum absolute atomic E-state index is 0.0469. The Morgan fingerprint density at radius 2 is 2.04 bits per heavy atom. The van der Waals surface area contributed by atoms with Crippen LogP contribution >= 0.6 is 0 Å². The predicted molar refractivity (Wildman–Crippen MR) is 78.2 cm³/mol. The predicted octanol–water partition coefficient (Wildman–Crippen LogP) is 1.94. The molecule has 10 heteroatoms. The van der Waals surface area contributed by atoms with Gasteiger partial charge >= 0.3 is 6.18 Å². The van der Waals surface area contributed by atoms with Gasteiger partial charge in [-0.05, 0) is 12.8 Å². The lowest BCUT2D eigenvalue weighted by Gasteiger charge is -2.32. The molecule has 1 saturated heterocycles. The number of aromatic amines is 1. The van der Waals surface area contributed by atoms with Crippen LogP contribution in [0.1, 0.15) is 28.9 Å². The molecule has 24 heavy (non-hydrogen) atoms. The Morgan fingerprint density at radius 1 is 1.29 bits per heavy atom. The number of halogens is 3. The number of alkyl halides is 3. The number of nitrogens with zero attached hydrogens (tertiary/aromatic N) is 4. The second kappa shape index (κ2) is 6.46. The molecule has 1 amide bonds.